The Balaban J connectivity index is 2.54. The fraction of sp³-hybridized carbons (Fsp3) is 0.316. The summed E-state index contributed by atoms with van der Waals surface area (Å²) in [5.41, 5.74) is 1.39. The van der Waals surface area contributed by atoms with Crippen LogP contribution in [0.5, 0.6) is 0 Å². The van der Waals surface area contributed by atoms with Crippen molar-refractivity contribution in [3.8, 4) is 0 Å². The Labute approximate surface area is 169 Å². The average Bonchev–Trinajstić information content (AvgIpc) is 2.62. The molecule has 0 amide bonds. The number of carbonyl (C=O) groups excluding carboxylic acids is 1. The van der Waals surface area contributed by atoms with Gasteiger partial charge in [-0.25, -0.2) is 8.42 Å². The maximum Gasteiger partial charge on any atom is 0.326 e. The maximum atomic E-state index is 13.2. The fourth-order valence-electron chi connectivity index (χ4n) is 2.46. The lowest BCUT2D eigenvalue weighted by Crippen LogP contribution is -2.36. The van der Waals surface area contributed by atoms with Crippen molar-refractivity contribution in [3.63, 3.8) is 0 Å². The van der Waals surface area contributed by atoms with E-state index in [2.05, 4.69) is 0 Å². The van der Waals surface area contributed by atoms with Crippen LogP contribution in [0.1, 0.15) is 32.3 Å². The largest absolute Gasteiger partial charge is 0.465 e. The monoisotopic (exact) mass is 429 g/mol. The van der Waals surface area contributed by atoms with Gasteiger partial charge in [-0.15, -0.1) is 0 Å². The molecule has 5 nitrogen and oxygen atoms in total. The Morgan fingerprint density at radius 2 is 1.74 bits per heavy atom. The molecular weight excluding hydrogens is 409 g/mol. The van der Waals surface area contributed by atoms with Crippen LogP contribution in [0, 0.1) is 0 Å². The third kappa shape index (κ3) is 5.15. The van der Waals surface area contributed by atoms with Crippen molar-refractivity contribution in [3.05, 3.63) is 58.1 Å². The lowest BCUT2D eigenvalue weighted by Gasteiger charge is -2.24. The molecule has 0 aliphatic rings. The first kappa shape index (κ1) is 21.5. The number of hydrogen-bond acceptors (Lipinski definition) is 4. The molecule has 0 unspecified atom stereocenters. The second-order valence-corrected chi connectivity index (χ2v) is 8.81. The summed E-state index contributed by atoms with van der Waals surface area (Å²) in [6, 6.07) is 11.1. The quantitative estimate of drug-likeness (QED) is 0.588. The van der Waals surface area contributed by atoms with E-state index in [-0.39, 0.29) is 27.5 Å². The van der Waals surface area contributed by atoms with Crippen LogP contribution in [0.2, 0.25) is 10.0 Å². The predicted octanol–water partition coefficient (Wildman–Crippen LogP) is 4.88. The highest BCUT2D eigenvalue weighted by Gasteiger charge is 2.30. The van der Waals surface area contributed by atoms with Crippen molar-refractivity contribution in [2.75, 3.05) is 17.5 Å². The van der Waals surface area contributed by atoms with Crippen LogP contribution in [0.4, 0.5) is 5.69 Å². The molecule has 0 saturated carbocycles. The third-order valence-corrected chi connectivity index (χ3v) is 6.38. The second kappa shape index (κ2) is 8.95. The van der Waals surface area contributed by atoms with Gasteiger partial charge in [0, 0.05) is 5.02 Å². The highest BCUT2D eigenvalue weighted by atomic mass is 35.5. The molecule has 2 aromatic carbocycles. The minimum absolute atomic E-state index is 0.0204. The number of hydrogen-bond donors (Lipinski definition) is 0. The average molecular weight is 430 g/mol. The summed E-state index contributed by atoms with van der Waals surface area (Å²) in [4.78, 5) is 11.9. The van der Waals surface area contributed by atoms with E-state index in [1.165, 1.54) is 18.2 Å². The summed E-state index contributed by atoms with van der Waals surface area (Å²) in [6.45, 7) is 5.40. The van der Waals surface area contributed by atoms with Crippen LogP contribution in [0.15, 0.2) is 47.4 Å². The van der Waals surface area contributed by atoms with E-state index in [1.54, 1.807) is 19.1 Å². The van der Waals surface area contributed by atoms with Crippen LogP contribution < -0.4 is 4.31 Å². The van der Waals surface area contributed by atoms with Crippen molar-refractivity contribution >= 4 is 44.9 Å². The normalized spacial score (nSPS) is 11.5. The molecule has 0 bridgehead atoms. The Hall–Kier alpha value is -1.76. The Morgan fingerprint density at radius 3 is 2.30 bits per heavy atom. The van der Waals surface area contributed by atoms with Crippen LogP contribution in [0.25, 0.3) is 0 Å². The molecule has 2 aromatic rings. The maximum absolute atomic E-state index is 13.2. The smallest absolute Gasteiger partial charge is 0.326 e. The van der Waals surface area contributed by atoms with Gasteiger partial charge >= 0.3 is 5.97 Å². The lowest BCUT2D eigenvalue weighted by atomic mass is 10.0. The van der Waals surface area contributed by atoms with Gasteiger partial charge < -0.3 is 4.74 Å². The zero-order valence-electron chi connectivity index (χ0n) is 15.3. The molecule has 0 fully saturated rings. The zero-order chi connectivity index (χ0) is 20.2. The summed E-state index contributed by atoms with van der Waals surface area (Å²) in [6.07, 6.45) is 0. The molecule has 27 heavy (non-hydrogen) atoms. The molecule has 8 heteroatoms. The number of ether oxygens (including phenoxy) is 1. The molecule has 2 rings (SSSR count). The van der Waals surface area contributed by atoms with Crippen LogP contribution >= 0.6 is 23.2 Å². The van der Waals surface area contributed by atoms with Gasteiger partial charge in [0.05, 0.1) is 17.3 Å². The van der Waals surface area contributed by atoms with Gasteiger partial charge in [0.1, 0.15) is 11.4 Å². The van der Waals surface area contributed by atoms with E-state index in [1.807, 2.05) is 26.0 Å². The van der Waals surface area contributed by atoms with Crippen molar-refractivity contribution in [1.29, 1.82) is 0 Å². The van der Waals surface area contributed by atoms with Crippen LogP contribution in [0.3, 0.4) is 0 Å². The molecule has 0 spiro atoms. The molecule has 0 radical (unpaired) electrons. The van der Waals surface area contributed by atoms with Crippen molar-refractivity contribution in [1.82, 2.24) is 0 Å². The number of benzene rings is 2. The minimum Gasteiger partial charge on any atom is -0.465 e. The van der Waals surface area contributed by atoms with Gasteiger partial charge in [-0.3, -0.25) is 9.10 Å². The fourth-order valence-corrected chi connectivity index (χ4v) is 4.61. The Morgan fingerprint density at radius 1 is 1.11 bits per heavy atom. The van der Waals surface area contributed by atoms with E-state index >= 15 is 0 Å². The number of esters is 1. The van der Waals surface area contributed by atoms with Gasteiger partial charge in [0.2, 0.25) is 0 Å². The Kier molecular flexibility index (Phi) is 7.14. The van der Waals surface area contributed by atoms with Gasteiger partial charge in [-0.2, -0.15) is 0 Å². The molecule has 0 heterocycles. The first-order chi connectivity index (χ1) is 12.7. The summed E-state index contributed by atoms with van der Waals surface area (Å²) in [7, 11) is -4.14. The first-order valence-corrected chi connectivity index (χ1v) is 10.6. The SMILES string of the molecule is CCOC(=O)CN(c1ccc(C(C)C)cc1)S(=O)(=O)c1cc(Cl)ccc1Cl. The molecule has 0 aliphatic heterocycles. The summed E-state index contributed by atoms with van der Waals surface area (Å²) in [5, 5.41) is 0.247. The molecule has 146 valence electrons. The van der Waals surface area contributed by atoms with Gasteiger partial charge in [-0.05, 0) is 48.7 Å². The summed E-state index contributed by atoms with van der Waals surface area (Å²) >= 11 is 12.0. The number of rotatable bonds is 7. The molecule has 0 aliphatic carbocycles. The highest BCUT2D eigenvalue weighted by molar-refractivity contribution is 7.93. The molecule has 0 aromatic heterocycles. The molecule has 0 N–H and O–H groups in total. The van der Waals surface area contributed by atoms with Crippen LogP contribution in [-0.2, 0) is 19.6 Å². The standard InChI is InChI=1S/C19H21Cl2NO4S/c1-4-26-19(23)12-22(16-8-5-14(6-9-16)13(2)3)27(24,25)18-11-15(20)7-10-17(18)21/h5-11,13H,4,12H2,1-3H3. The Bertz CT molecular complexity index is 912. The summed E-state index contributed by atoms with van der Waals surface area (Å²) in [5.74, 6) is -0.372. The van der Waals surface area contributed by atoms with Gasteiger partial charge in [0.25, 0.3) is 10.0 Å². The topological polar surface area (TPSA) is 63.7 Å². The van der Waals surface area contributed by atoms with Gasteiger partial charge in [-0.1, -0.05) is 49.2 Å². The van der Waals surface area contributed by atoms with E-state index in [4.69, 9.17) is 27.9 Å². The number of anilines is 1. The van der Waals surface area contributed by atoms with Crippen molar-refractivity contribution in [2.45, 2.75) is 31.6 Å². The number of nitrogens with zero attached hydrogens (tertiary/aromatic N) is 1. The van der Waals surface area contributed by atoms with Crippen LogP contribution in [-0.4, -0.2) is 27.5 Å². The van der Waals surface area contributed by atoms with E-state index < -0.39 is 22.5 Å². The lowest BCUT2D eigenvalue weighted by molar-refractivity contribution is -0.141. The van der Waals surface area contributed by atoms with E-state index in [0.717, 1.165) is 9.87 Å². The highest BCUT2D eigenvalue weighted by Crippen LogP contribution is 2.31. The molecule has 0 atom stereocenters. The number of sulfonamides is 1. The molecule has 0 saturated heterocycles. The number of carbonyl (C=O) groups is 1. The van der Waals surface area contributed by atoms with Crippen molar-refractivity contribution in [2.24, 2.45) is 0 Å². The van der Waals surface area contributed by atoms with Crippen molar-refractivity contribution < 1.29 is 17.9 Å². The molecular formula is C19H21Cl2NO4S. The van der Waals surface area contributed by atoms with Gasteiger partial charge in [0.15, 0.2) is 0 Å². The van der Waals surface area contributed by atoms with E-state index in [0.29, 0.717) is 5.69 Å². The van der Waals surface area contributed by atoms with E-state index in [9.17, 15) is 13.2 Å². The third-order valence-electron chi connectivity index (χ3n) is 3.89. The predicted molar refractivity (Wildman–Crippen MR) is 108 cm³/mol. The second-order valence-electron chi connectivity index (χ2n) is 6.14. The minimum atomic E-state index is -4.14. The number of halogens is 2. The zero-order valence-corrected chi connectivity index (χ0v) is 17.6. The first-order valence-electron chi connectivity index (χ1n) is 8.40. The summed E-state index contributed by atoms with van der Waals surface area (Å²) < 4.78 is 32.4.